The van der Waals surface area contributed by atoms with Crippen LogP contribution in [0, 0.1) is 17.8 Å². The van der Waals surface area contributed by atoms with Gasteiger partial charge in [0.2, 0.25) is 10.0 Å². The summed E-state index contributed by atoms with van der Waals surface area (Å²) in [4.78, 5) is 3.83. The van der Waals surface area contributed by atoms with Crippen LogP contribution in [0.25, 0.3) is 0 Å². The minimum atomic E-state index is -4.01. The van der Waals surface area contributed by atoms with E-state index >= 15 is 0 Å². The predicted molar refractivity (Wildman–Crippen MR) is 118 cm³/mol. The Morgan fingerprint density at radius 2 is 2.25 bits per heavy atom. The van der Waals surface area contributed by atoms with Crippen LogP contribution in [0.5, 0.6) is 5.75 Å². The number of hydrogen-bond donors (Lipinski definition) is 1. The van der Waals surface area contributed by atoms with Crippen LogP contribution in [0.1, 0.15) is 5.56 Å². The van der Waals surface area contributed by atoms with Gasteiger partial charge in [-0.2, -0.15) is 26.8 Å². The van der Waals surface area contributed by atoms with Crippen LogP contribution in [0.2, 0.25) is 0 Å². The van der Waals surface area contributed by atoms with Crippen molar-refractivity contribution in [1.29, 1.82) is 5.26 Å². The Hall–Kier alpha value is -3.10. The van der Waals surface area contributed by atoms with Crippen molar-refractivity contribution >= 4 is 21.6 Å². The highest BCUT2D eigenvalue weighted by Crippen LogP contribution is 2.33. The number of ether oxygens (including phenoxy) is 1. The Morgan fingerprint density at radius 1 is 1.41 bits per heavy atom. The molecule has 0 spiro atoms. The molecule has 166 valence electrons. The normalized spacial score (nSPS) is 19.5. The Labute approximate surface area is 191 Å². The number of rotatable bonds is 6. The van der Waals surface area contributed by atoms with Gasteiger partial charge in [-0.15, -0.1) is 24.1 Å². The van der Waals surface area contributed by atoms with Gasteiger partial charge >= 0.3 is 0 Å². The van der Waals surface area contributed by atoms with Crippen LogP contribution in [0.4, 0.5) is 0 Å². The highest BCUT2D eigenvalue weighted by molar-refractivity contribution is 7.89. The molecule has 1 saturated heterocycles. The zero-order valence-corrected chi connectivity index (χ0v) is 18.6. The van der Waals surface area contributed by atoms with Crippen LogP contribution in [0.3, 0.4) is 0 Å². The van der Waals surface area contributed by atoms with E-state index in [1.165, 1.54) is 28.8 Å². The first-order chi connectivity index (χ1) is 15.4. The summed E-state index contributed by atoms with van der Waals surface area (Å²) in [6, 6.07) is 5.91. The molecule has 0 saturated carbocycles. The van der Waals surface area contributed by atoms with Crippen LogP contribution in [-0.4, -0.2) is 53.2 Å². The van der Waals surface area contributed by atoms with Crippen LogP contribution in [-0.2, 0) is 16.6 Å². The van der Waals surface area contributed by atoms with Crippen LogP contribution >= 0.6 is 11.6 Å². The lowest BCUT2D eigenvalue weighted by Crippen LogP contribution is -2.55. The molecule has 2 heterocycles. The topological polar surface area (TPSA) is 113 Å². The summed E-state index contributed by atoms with van der Waals surface area (Å²) < 4.78 is 36.4. The first kappa shape index (κ1) is 22.1. The molecule has 4 rings (SSSR count). The van der Waals surface area contributed by atoms with Gasteiger partial charge in [0.05, 0.1) is 24.2 Å². The van der Waals surface area contributed by atoms with Crippen molar-refractivity contribution in [3.05, 3.63) is 77.9 Å². The van der Waals surface area contributed by atoms with Gasteiger partial charge in [-0.25, -0.2) is 13.4 Å². The highest BCUT2D eigenvalue weighted by atomic mass is 35.5. The number of allylic oxidation sites excluding steroid dienone is 4. The maximum absolute atomic E-state index is 13.8. The Bertz CT molecular complexity index is 1230. The van der Waals surface area contributed by atoms with Crippen molar-refractivity contribution in [2.24, 2.45) is 0 Å². The summed E-state index contributed by atoms with van der Waals surface area (Å²) in [6.45, 7) is 5.39. The van der Waals surface area contributed by atoms with Crippen molar-refractivity contribution in [3.8, 4) is 11.8 Å². The molecule has 1 aliphatic carbocycles. The van der Waals surface area contributed by atoms with Crippen molar-refractivity contribution in [1.82, 2.24) is 24.4 Å². The fraction of sp³-hybridized carbons (Fsp3) is 0.238. The second-order valence-electron chi connectivity index (χ2n) is 7.26. The fourth-order valence-electron chi connectivity index (χ4n) is 3.55. The number of piperazine rings is 1. The molecule has 1 fully saturated rings. The average molecular weight is 472 g/mol. The van der Waals surface area contributed by atoms with Gasteiger partial charge in [-0.3, -0.25) is 4.68 Å². The molecule has 1 atom stereocenters. The molecule has 0 amide bonds. The average Bonchev–Trinajstić information content (AvgIpc) is 3.26. The van der Waals surface area contributed by atoms with Crippen molar-refractivity contribution in [3.63, 3.8) is 0 Å². The van der Waals surface area contributed by atoms with E-state index in [0.717, 1.165) is 0 Å². The van der Waals surface area contributed by atoms with E-state index in [-0.39, 0.29) is 22.8 Å². The number of sulfonamides is 1. The first-order valence-corrected chi connectivity index (χ1v) is 11.6. The minimum absolute atomic E-state index is 0.0902. The maximum Gasteiger partial charge on any atom is 0.247 e. The molecule has 11 heteroatoms. The third-order valence-electron chi connectivity index (χ3n) is 4.98. The number of nitrogens with one attached hydrogen (secondary N) is 1. The molecule has 2 aliphatic rings. The van der Waals surface area contributed by atoms with Crippen LogP contribution in [0.15, 0.2) is 70.8 Å². The molecule has 1 aliphatic heterocycles. The van der Waals surface area contributed by atoms with E-state index in [4.69, 9.17) is 16.3 Å². The lowest BCUT2D eigenvalue weighted by atomic mass is 10.1. The highest BCUT2D eigenvalue weighted by Gasteiger charge is 2.36. The summed E-state index contributed by atoms with van der Waals surface area (Å²) >= 11 is 6.09. The Balaban J connectivity index is 1.70. The molecule has 1 aromatic heterocycles. The molecule has 32 heavy (non-hydrogen) atoms. The third kappa shape index (κ3) is 4.71. The van der Waals surface area contributed by atoms with E-state index in [1.54, 1.807) is 29.6 Å². The molecular weight excluding hydrogens is 452 g/mol. The molecule has 2 aromatic rings. The Morgan fingerprint density at radius 3 is 2.97 bits per heavy atom. The summed E-state index contributed by atoms with van der Waals surface area (Å²) in [6.07, 6.45) is 7.83. The van der Waals surface area contributed by atoms with Crippen molar-refractivity contribution < 1.29 is 13.2 Å². The number of aromatic nitrogens is 3. The van der Waals surface area contributed by atoms with Crippen LogP contribution < -0.4 is 10.1 Å². The summed E-state index contributed by atoms with van der Waals surface area (Å²) in [5.41, 5.74) is 0.836. The van der Waals surface area contributed by atoms with Gasteiger partial charge in [-0.05, 0) is 23.2 Å². The zero-order chi connectivity index (χ0) is 22.7. The van der Waals surface area contributed by atoms with E-state index in [9.17, 15) is 13.7 Å². The molecule has 1 aromatic carbocycles. The molecule has 1 N–H and O–H groups in total. The van der Waals surface area contributed by atoms with Gasteiger partial charge in [0.1, 0.15) is 23.3 Å². The van der Waals surface area contributed by atoms with Crippen molar-refractivity contribution in [2.75, 3.05) is 19.6 Å². The summed E-state index contributed by atoms with van der Waals surface area (Å²) in [5.74, 6) is 0.451. The standard InChI is InChI=1S/C21H20ClN6O3S/c1-15-6-17(22)9-19(7-15)31-20-3-2-16(10-23)8-21(20)32(29,30)28-5-4-24-11-18(28)12-27-14-25-13-26-27/h2-3,6-9,13-14,18,24H,1,4-5,11-12H2/q-1. The maximum atomic E-state index is 13.8. The SMILES string of the molecule is C=C1C=C(Cl)C=C(Oc2ccc(C#N)cc2S(=O)(=O)N2CCNCC2Cn2cncn2)[CH-]1. The van der Waals surface area contributed by atoms with E-state index < -0.39 is 16.1 Å². The van der Waals surface area contributed by atoms with Gasteiger partial charge in [-0.1, -0.05) is 6.08 Å². The summed E-state index contributed by atoms with van der Waals surface area (Å²) in [5, 5.41) is 17.1. The number of hydrogen-bond acceptors (Lipinski definition) is 7. The molecule has 0 bridgehead atoms. The van der Waals surface area contributed by atoms with Gasteiger partial charge in [0, 0.05) is 25.4 Å². The molecular formula is C21H20ClN6O3S-. The monoisotopic (exact) mass is 471 g/mol. The number of nitriles is 1. The number of benzene rings is 1. The molecule has 9 nitrogen and oxygen atoms in total. The zero-order valence-electron chi connectivity index (χ0n) is 17.0. The van der Waals surface area contributed by atoms with Gasteiger partial charge < -0.3 is 10.1 Å². The van der Waals surface area contributed by atoms with Crippen molar-refractivity contribution in [2.45, 2.75) is 17.5 Å². The van der Waals surface area contributed by atoms with E-state index in [1.807, 2.05) is 6.07 Å². The third-order valence-corrected chi connectivity index (χ3v) is 7.17. The minimum Gasteiger partial charge on any atom is -0.475 e. The second kappa shape index (κ2) is 9.18. The van der Waals surface area contributed by atoms with E-state index in [0.29, 0.717) is 36.0 Å². The molecule has 1 unspecified atom stereocenters. The number of halogens is 1. The smallest absolute Gasteiger partial charge is 0.247 e. The Kier molecular flexibility index (Phi) is 6.34. The lowest BCUT2D eigenvalue weighted by molar-refractivity contribution is 0.238. The largest absolute Gasteiger partial charge is 0.475 e. The first-order valence-electron chi connectivity index (χ1n) is 9.76. The van der Waals surface area contributed by atoms with E-state index in [2.05, 4.69) is 22.0 Å². The fourth-order valence-corrected chi connectivity index (χ4v) is 5.56. The van der Waals surface area contributed by atoms with Gasteiger partial charge in [0.25, 0.3) is 0 Å². The lowest BCUT2D eigenvalue weighted by Gasteiger charge is -2.35. The van der Waals surface area contributed by atoms with Gasteiger partial charge in [0.15, 0.2) is 0 Å². The number of nitrogens with zero attached hydrogens (tertiary/aromatic N) is 5. The quantitative estimate of drug-likeness (QED) is 0.641. The second-order valence-corrected chi connectivity index (χ2v) is 9.56. The predicted octanol–water partition coefficient (Wildman–Crippen LogP) is 1.97. The summed E-state index contributed by atoms with van der Waals surface area (Å²) in [7, 11) is -4.01. The molecule has 0 radical (unpaired) electrons.